The molecule has 12 aromatic rings. The lowest BCUT2D eigenvalue weighted by Crippen LogP contribution is -2.63. The first kappa shape index (κ1) is 36.9. The smallest absolute Gasteiger partial charge is 0.113 e. The first-order valence-electron chi connectivity index (χ1n) is 22.7. The molecule has 10 aromatic carbocycles. The summed E-state index contributed by atoms with van der Waals surface area (Å²) in [5, 5.41) is 10.7. The van der Waals surface area contributed by atoms with Crippen molar-refractivity contribution in [2.75, 3.05) is 4.90 Å². The molecule has 0 saturated carbocycles. The molecule has 0 amide bonds. The third-order valence-electron chi connectivity index (χ3n) is 14.8. The lowest BCUT2D eigenvalue weighted by atomic mass is 9.59. The summed E-state index contributed by atoms with van der Waals surface area (Å²) in [6, 6.07) is 82.7. The van der Waals surface area contributed by atoms with Crippen LogP contribution in [0.5, 0.6) is 0 Å². The van der Waals surface area contributed by atoms with Crippen molar-refractivity contribution in [1.29, 1.82) is 0 Å². The lowest BCUT2D eigenvalue weighted by Gasteiger charge is -2.50. The summed E-state index contributed by atoms with van der Waals surface area (Å²) < 4.78 is 5.11. The fourth-order valence-corrected chi connectivity index (χ4v) is 16.3. The van der Waals surface area contributed by atoms with Crippen LogP contribution in [0.25, 0.3) is 69.6 Å². The van der Waals surface area contributed by atoms with Crippen LogP contribution in [0.15, 0.2) is 218 Å². The minimum atomic E-state index is -2.30. The summed E-state index contributed by atoms with van der Waals surface area (Å²) in [5.74, 6) is 0. The van der Waals surface area contributed by atoms with Crippen molar-refractivity contribution < 1.29 is 0 Å². The fourth-order valence-electron chi connectivity index (χ4n) is 12.1. The van der Waals surface area contributed by atoms with Gasteiger partial charge in [0.2, 0.25) is 0 Å². The first-order valence-corrected chi connectivity index (χ1v) is 26.5. The van der Waals surface area contributed by atoms with Crippen LogP contribution in [0.4, 0.5) is 17.1 Å². The molecule has 4 heteroatoms. The van der Waals surface area contributed by atoms with Gasteiger partial charge in [0.1, 0.15) is 8.07 Å². The minimum Gasteiger partial charge on any atom is -0.310 e. The number of rotatable bonds is 4. The molecule has 0 radical (unpaired) electrons. The molecule has 65 heavy (non-hydrogen) atoms. The van der Waals surface area contributed by atoms with E-state index in [4.69, 9.17) is 0 Å². The molecule has 1 unspecified atom stereocenters. The van der Waals surface area contributed by atoms with Crippen LogP contribution in [0.3, 0.4) is 0 Å². The Bertz CT molecular complexity index is 3950. The van der Waals surface area contributed by atoms with Crippen LogP contribution in [0, 0.1) is 0 Å². The van der Waals surface area contributed by atoms with Gasteiger partial charge in [-0.3, -0.25) is 0 Å². The highest BCUT2D eigenvalue weighted by molar-refractivity contribution is 7.25. The molecule has 306 valence electrons. The molecule has 3 heterocycles. The normalized spacial score (nSPS) is 15.7. The van der Waals surface area contributed by atoms with Gasteiger partial charge in [-0.25, -0.2) is 0 Å². The summed E-state index contributed by atoms with van der Waals surface area (Å²) in [6.07, 6.45) is 0. The van der Waals surface area contributed by atoms with Crippen molar-refractivity contribution in [3.63, 3.8) is 0 Å². The molecule has 0 fully saturated rings. The maximum atomic E-state index is 2.57. The van der Waals surface area contributed by atoms with Gasteiger partial charge in [0.15, 0.2) is 0 Å². The van der Waals surface area contributed by atoms with Crippen molar-refractivity contribution >= 4 is 99.6 Å². The highest BCUT2D eigenvalue weighted by atomic mass is 32.1. The Morgan fingerprint density at radius 2 is 1.06 bits per heavy atom. The summed E-state index contributed by atoms with van der Waals surface area (Å²) in [4.78, 5) is 2.49. The van der Waals surface area contributed by atoms with Gasteiger partial charge >= 0.3 is 0 Å². The number of hydrogen-bond donors (Lipinski definition) is 0. The van der Waals surface area contributed by atoms with Crippen LogP contribution in [0.2, 0.25) is 13.1 Å². The second-order valence-electron chi connectivity index (χ2n) is 18.4. The van der Waals surface area contributed by atoms with Gasteiger partial charge in [-0.15, -0.1) is 11.3 Å². The van der Waals surface area contributed by atoms with E-state index in [0.717, 1.165) is 11.4 Å². The SMILES string of the molecule is C[Si]1(C)c2ccccc2C2(c3ccccc3-c3cccc4cccc2c34)c2ccc(N(c3ccccc3)c3ccc4c5ccccc5n(-c5ccc6sc7ccccc7c6c5)c4c3)cc21. The van der Waals surface area contributed by atoms with Crippen LogP contribution in [0.1, 0.15) is 22.3 Å². The number of fused-ring (bicyclic) bond motifs is 14. The van der Waals surface area contributed by atoms with E-state index in [1.807, 2.05) is 11.3 Å². The topological polar surface area (TPSA) is 8.17 Å². The van der Waals surface area contributed by atoms with Crippen LogP contribution in [-0.2, 0) is 5.41 Å². The summed E-state index contributed by atoms with van der Waals surface area (Å²) in [6.45, 7) is 5.13. The molecule has 2 aromatic heterocycles. The standard InChI is InChI=1S/C61H42N2SSi/c1-65(2)58-29-13-10-25-51(58)61(50-24-9-6-20-44(50)48-23-14-16-39-17-15-26-53(61)60(39)48)52-34-31-43(38-59(52)65)62(40-18-4-3-5-19-40)42-30-33-46-45-21-7-11-27-54(45)63(55(46)37-42)41-32-35-57-49(36-41)47-22-8-12-28-56(47)64-57/h3-38H,1-2H3. The van der Waals surface area contributed by atoms with Crippen molar-refractivity contribution in [3.8, 4) is 16.8 Å². The maximum Gasteiger partial charge on any atom is 0.113 e. The molecule has 0 bridgehead atoms. The average Bonchev–Trinajstić information content (AvgIpc) is 3.90. The Morgan fingerprint density at radius 3 is 1.95 bits per heavy atom. The molecular formula is C61H42N2SSi. The summed E-state index contributed by atoms with van der Waals surface area (Å²) >= 11 is 1.87. The van der Waals surface area contributed by atoms with Gasteiger partial charge in [0.05, 0.1) is 16.4 Å². The molecule has 0 N–H and O–H groups in total. The third-order valence-corrected chi connectivity index (χ3v) is 19.5. The molecule has 1 aliphatic heterocycles. The monoisotopic (exact) mass is 862 g/mol. The number of thiophene rings is 1. The number of benzene rings is 10. The first-order chi connectivity index (χ1) is 32.0. The Kier molecular flexibility index (Phi) is 7.67. The second-order valence-corrected chi connectivity index (χ2v) is 23.8. The van der Waals surface area contributed by atoms with Crippen LogP contribution in [-0.4, -0.2) is 12.6 Å². The van der Waals surface area contributed by atoms with Crippen LogP contribution < -0.4 is 15.3 Å². The van der Waals surface area contributed by atoms with Crippen molar-refractivity contribution in [2.24, 2.45) is 0 Å². The number of hydrogen-bond acceptors (Lipinski definition) is 2. The predicted molar refractivity (Wildman–Crippen MR) is 280 cm³/mol. The summed E-state index contributed by atoms with van der Waals surface area (Å²) in [5.41, 5.74) is 14.7. The number of para-hydroxylation sites is 2. The zero-order valence-corrected chi connectivity index (χ0v) is 37.9. The predicted octanol–water partition coefficient (Wildman–Crippen LogP) is 15.3. The van der Waals surface area contributed by atoms with E-state index >= 15 is 0 Å². The van der Waals surface area contributed by atoms with Crippen LogP contribution >= 0.6 is 11.3 Å². The molecule has 1 aliphatic carbocycles. The minimum absolute atomic E-state index is 0.482. The average molecular weight is 863 g/mol. The highest BCUT2D eigenvalue weighted by Gasteiger charge is 2.52. The quantitative estimate of drug-likeness (QED) is 0.160. The van der Waals surface area contributed by atoms with Gasteiger partial charge in [0.25, 0.3) is 0 Å². The van der Waals surface area contributed by atoms with E-state index in [1.54, 1.807) is 0 Å². The fraction of sp³-hybridized carbons (Fsp3) is 0.0492. The molecule has 1 spiro atoms. The zero-order chi connectivity index (χ0) is 43.0. The molecular weight excluding hydrogens is 821 g/mol. The Morgan fingerprint density at radius 1 is 0.415 bits per heavy atom. The van der Waals surface area contributed by atoms with Gasteiger partial charge < -0.3 is 9.47 Å². The van der Waals surface area contributed by atoms with Crippen molar-refractivity contribution in [2.45, 2.75) is 18.5 Å². The molecule has 2 nitrogen and oxygen atoms in total. The molecule has 2 aliphatic rings. The van der Waals surface area contributed by atoms with Gasteiger partial charge in [-0.1, -0.05) is 165 Å². The molecule has 0 saturated heterocycles. The Hall–Kier alpha value is -7.50. The maximum absolute atomic E-state index is 2.57. The van der Waals surface area contributed by atoms with E-state index in [1.165, 1.54) is 108 Å². The number of anilines is 3. The van der Waals surface area contributed by atoms with Crippen molar-refractivity contribution in [3.05, 3.63) is 241 Å². The van der Waals surface area contributed by atoms with Crippen molar-refractivity contribution in [1.82, 2.24) is 4.57 Å². The number of nitrogens with zero attached hydrogens (tertiary/aromatic N) is 2. The number of aromatic nitrogens is 1. The van der Waals surface area contributed by atoms with Gasteiger partial charge in [-0.05, 0) is 121 Å². The Balaban J connectivity index is 1.03. The molecule has 1 atom stereocenters. The van der Waals surface area contributed by atoms with E-state index in [0.29, 0.717) is 0 Å². The molecule has 14 rings (SSSR count). The lowest BCUT2D eigenvalue weighted by molar-refractivity contribution is 0.754. The zero-order valence-electron chi connectivity index (χ0n) is 36.1. The van der Waals surface area contributed by atoms with E-state index in [-0.39, 0.29) is 0 Å². The van der Waals surface area contributed by atoms with E-state index < -0.39 is 13.5 Å². The van der Waals surface area contributed by atoms with Gasteiger partial charge in [-0.2, -0.15) is 0 Å². The summed E-state index contributed by atoms with van der Waals surface area (Å²) in [7, 11) is -2.30. The Labute approximate surface area is 382 Å². The third kappa shape index (κ3) is 4.98. The van der Waals surface area contributed by atoms with E-state index in [9.17, 15) is 0 Å². The van der Waals surface area contributed by atoms with Gasteiger partial charge in [0, 0.05) is 53.7 Å². The second kappa shape index (κ2) is 13.5. The largest absolute Gasteiger partial charge is 0.310 e. The van der Waals surface area contributed by atoms with E-state index in [2.05, 4.69) is 241 Å². The highest BCUT2D eigenvalue weighted by Crippen LogP contribution is 2.56.